The van der Waals surface area contributed by atoms with E-state index in [-0.39, 0.29) is 5.91 Å². The first-order valence-electron chi connectivity index (χ1n) is 8.01. The predicted molar refractivity (Wildman–Crippen MR) is 83.1 cm³/mol. The van der Waals surface area contributed by atoms with E-state index in [0.717, 1.165) is 11.8 Å². The molecule has 1 amide bonds. The van der Waals surface area contributed by atoms with Gasteiger partial charge in [-0.25, -0.2) is 0 Å². The molecule has 0 radical (unpaired) electrons. The number of nitrogens with zero attached hydrogens (tertiary/aromatic N) is 1. The van der Waals surface area contributed by atoms with Crippen molar-refractivity contribution in [2.24, 2.45) is 11.8 Å². The van der Waals surface area contributed by atoms with Crippen LogP contribution in [0.5, 0.6) is 0 Å². The lowest BCUT2D eigenvalue weighted by atomic mass is 9.94. The Morgan fingerprint density at radius 1 is 1.48 bits per heavy atom. The van der Waals surface area contributed by atoms with Crippen molar-refractivity contribution in [1.29, 1.82) is 0 Å². The van der Waals surface area contributed by atoms with Crippen molar-refractivity contribution >= 4 is 11.7 Å². The number of rotatable bonds is 7. The van der Waals surface area contributed by atoms with Crippen molar-refractivity contribution in [3.05, 3.63) is 11.8 Å². The molecule has 118 valence electrons. The monoisotopic (exact) mass is 293 g/mol. The third-order valence-electron chi connectivity index (χ3n) is 4.19. The van der Waals surface area contributed by atoms with Crippen molar-refractivity contribution < 1.29 is 9.32 Å². The van der Waals surface area contributed by atoms with Crippen LogP contribution in [0.1, 0.15) is 51.7 Å². The molecule has 1 aliphatic rings. The first-order valence-corrected chi connectivity index (χ1v) is 8.01. The van der Waals surface area contributed by atoms with Gasteiger partial charge in [0.2, 0.25) is 5.91 Å². The first-order chi connectivity index (χ1) is 10.0. The van der Waals surface area contributed by atoms with Crippen LogP contribution in [0.15, 0.2) is 10.6 Å². The van der Waals surface area contributed by atoms with Gasteiger partial charge in [-0.1, -0.05) is 31.8 Å². The van der Waals surface area contributed by atoms with Gasteiger partial charge >= 0.3 is 0 Å². The van der Waals surface area contributed by atoms with Crippen molar-refractivity contribution in [3.8, 4) is 0 Å². The Bertz CT molecular complexity index is 456. The van der Waals surface area contributed by atoms with Gasteiger partial charge < -0.3 is 15.2 Å². The van der Waals surface area contributed by atoms with E-state index in [1.54, 1.807) is 13.0 Å². The van der Waals surface area contributed by atoms with Gasteiger partial charge in [0.1, 0.15) is 5.76 Å². The Balaban J connectivity index is 1.72. The molecular weight excluding hydrogens is 266 g/mol. The minimum absolute atomic E-state index is 0.0576. The summed E-state index contributed by atoms with van der Waals surface area (Å²) in [6.45, 7) is 6.68. The molecule has 2 atom stereocenters. The smallest absolute Gasteiger partial charge is 0.239 e. The Kier molecular flexibility index (Phi) is 5.79. The molecule has 5 nitrogen and oxygen atoms in total. The van der Waals surface area contributed by atoms with Crippen LogP contribution in [0.25, 0.3) is 0 Å². The van der Waals surface area contributed by atoms with E-state index in [1.165, 1.54) is 32.1 Å². The first kappa shape index (κ1) is 16.0. The summed E-state index contributed by atoms with van der Waals surface area (Å²) in [4.78, 5) is 11.9. The van der Waals surface area contributed by atoms with Crippen molar-refractivity contribution in [2.45, 2.75) is 58.9 Å². The molecule has 1 heterocycles. The number of aryl methyl sites for hydroxylation is 1. The van der Waals surface area contributed by atoms with E-state index in [9.17, 15) is 4.79 Å². The second-order valence-electron chi connectivity index (χ2n) is 6.52. The van der Waals surface area contributed by atoms with E-state index in [1.807, 2.05) is 0 Å². The molecule has 0 aromatic carbocycles. The van der Waals surface area contributed by atoms with Gasteiger partial charge in [0.15, 0.2) is 5.82 Å². The van der Waals surface area contributed by atoms with Crippen molar-refractivity contribution in [1.82, 2.24) is 10.5 Å². The third-order valence-corrected chi connectivity index (χ3v) is 4.19. The van der Waals surface area contributed by atoms with Crippen LogP contribution in [0, 0.1) is 18.8 Å². The average Bonchev–Trinajstić information content (AvgIpc) is 3.03. The molecule has 0 saturated heterocycles. The van der Waals surface area contributed by atoms with E-state index in [2.05, 4.69) is 29.6 Å². The zero-order chi connectivity index (χ0) is 15.2. The molecule has 2 unspecified atom stereocenters. The molecule has 1 fully saturated rings. The van der Waals surface area contributed by atoms with E-state index in [0.29, 0.717) is 24.2 Å². The molecule has 1 aromatic rings. The summed E-state index contributed by atoms with van der Waals surface area (Å²) in [5.41, 5.74) is 0. The normalized spacial score (nSPS) is 21.9. The zero-order valence-electron chi connectivity index (χ0n) is 13.3. The lowest BCUT2D eigenvalue weighted by molar-refractivity contribution is -0.115. The minimum Gasteiger partial charge on any atom is -0.360 e. The summed E-state index contributed by atoms with van der Waals surface area (Å²) >= 11 is 0. The lowest BCUT2D eigenvalue weighted by Crippen LogP contribution is -2.38. The van der Waals surface area contributed by atoms with Gasteiger partial charge in [-0.2, -0.15) is 0 Å². The fraction of sp³-hybridized carbons (Fsp3) is 0.750. The number of aromatic nitrogens is 1. The topological polar surface area (TPSA) is 67.2 Å². The second-order valence-corrected chi connectivity index (χ2v) is 6.52. The van der Waals surface area contributed by atoms with Crippen LogP contribution in [-0.2, 0) is 4.79 Å². The van der Waals surface area contributed by atoms with Gasteiger partial charge in [0.05, 0.1) is 6.54 Å². The lowest BCUT2D eigenvalue weighted by Gasteiger charge is -2.21. The molecule has 1 saturated carbocycles. The van der Waals surface area contributed by atoms with E-state index < -0.39 is 0 Å². The van der Waals surface area contributed by atoms with Crippen molar-refractivity contribution in [3.63, 3.8) is 0 Å². The standard InChI is InChI=1S/C16H27N3O2/c1-11(2)7-8-13-5-4-6-14(13)17-10-16(20)18-15-9-12(3)21-19-15/h9,11,13-14,17H,4-8,10H2,1-3H3,(H,18,19,20). The Hall–Kier alpha value is -1.36. The van der Waals surface area contributed by atoms with Gasteiger partial charge in [-0.15, -0.1) is 0 Å². The number of carbonyl (C=O) groups excluding carboxylic acids is 1. The second kappa shape index (κ2) is 7.59. The van der Waals surface area contributed by atoms with E-state index in [4.69, 9.17) is 4.52 Å². The number of nitrogens with one attached hydrogen (secondary N) is 2. The molecule has 0 aliphatic heterocycles. The highest BCUT2D eigenvalue weighted by atomic mass is 16.5. The largest absolute Gasteiger partial charge is 0.360 e. The number of carbonyl (C=O) groups is 1. The minimum atomic E-state index is -0.0576. The average molecular weight is 293 g/mol. The quantitative estimate of drug-likeness (QED) is 0.810. The Morgan fingerprint density at radius 3 is 2.95 bits per heavy atom. The van der Waals surface area contributed by atoms with Gasteiger partial charge in [0.25, 0.3) is 0 Å². The third kappa shape index (κ3) is 5.16. The highest BCUT2D eigenvalue weighted by molar-refractivity contribution is 5.91. The van der Waals surface area contributed by atoms with Crippen LogP contribution in [0.3, 0.4) is 0 Å². The molecule has 2 N–H and O–H groups in total. The molecule has 2 rings (SSSR count). The van der Waals surface area contributed by atoms with E-state index >= 15 is 0 Å². The van der Waals surface area contributed by atoms with Crippen LogP contribution in [0.4, 0.5) is 5.82 Å². The molecule has 0 bridgehead atoms. The van der Waals surface area contributed by atoms with Gasteiger partial charge in [0, 0.05) is 12.1 Å². The molecule has 0 spiro atoms. The maximum atomic E-state index is 11.9. The summed E-state index contributed by atoms with van der Waals surface area (Å²) in [6, 6.07) is 2.20. The number of anilines is 1. The van der Waals surface area contributed by atoms with Crippen LogP contribution in [0.2, 0.25) is 0 Å². The zero-order valence-corrected chi connectivity index (χ0v) is 13.3. The Labute approximate surface area is 126 Å². The number of hydrogen-bond acceptors (Lipinski definition) is 4. The highest BCUT2D eigenvalue weighted by Gasteiger charge is 2.27. The summed E-state index contributed by atoms with van der Waals surface area (Å²) in [7, 11) is 0. The SMILES string of the molecule is Cc1cc(NC(=O)CNC2CCCC2CCC(C)C)no1. The summed E-state index contributed by atoms with van der Waals surface area (Å²) in [5, 5.41) is 9.92. The molecule has 1 aromatic heterocycles. The molecule has 1 aliphatic carbocycles. The van der Waals surface area contributed by atoms with Gasteiger partial charge in [-0.3, -0.25) is 4.79 Å². The fourth-order valence-electron chi connectivity index (χ4n) is 3.03. The summed E-state index contributed by atoms with van der Waals surface area (Å²) < 4.78 is 4.93. The summed E-state index contributed by atoms with van der Waals surface area (Å²) in [5.74, 6) is 2.60. The van der Waals surface area contributed by atoms with Crippen LogP contribution in [-0.4, -0.2) is 23.7 Å². The number of hydrogen-bond donors (Lipinski definition) is 2. The van der Waals surface area contributed by atoms with Gasteiger partial charge in [-0.05, 0) is 38.0 Å². The summed E-state index contributed by atoms with van der Waals surface area (Å²) in [6.07, 6.45) is 6.27. The molecule has 21 heavy (non-hydrogen) atoms. The number of amides is 1. The van der Waals surface area contributed by atoms with Crippen molar-refractivity contribution in [2.75, 3.05) is 11.9 Å². The van der Waals surface area contributed by atoms with Crippen LogP contribution >= 0.6 is 0 Å². The molecular formula is C16H27N3O2. The van der Waals surface area contributed by atoms with Crippen LogP contribution < -0.4 is 10.6 Å². The maximum absolute atomic E-state index is 11.9. The highest BCUT2D eigenvalue weighted by Crippen LogP contribution is 2.30. The maximum Gasteiger partial charge on any atom is 0.239 e. The Morgan fingerprint density at radius 2 is 2.29 bits per heavy atom. The fourth-order valence-corrected chi connectivity index (χ4v) is 3.03. The predicted octanol–water partition coefficient (Wildman–Crippen LogP) is 3.12. The molecule has 5 heteroatoms.